The first-order valence-corrected chi connectivity index (χ1v) is 11.4. The van der Waals surface area contributed by atoms with Crippen molar-refractivity contribution in [3.63, 3.8) is 0 Å². The van der Waals surface area contributed by atoms with Gasteiger partial charge in [-0.1, -0.05) is 24.8 Å². The molecular formula is C22H27N5O3S. The molecule has 0 bridgehead atoms. The molecule has 1 aliphatic rings. The van der Waals surface area contributed by atoms with Crippen molar-refractivity contribution in [3.8, 4) is 5.75 Å². The van der Waals surface area contributed by atoms with Crippen LogP contribution in [0.1, 0.15) is 25.5 Å². The lowest BCUT2D eigenvalue weighted by molar-refractivity contribution is -0.113. The zero-order valence-electron chi connectivity index (χ0n) is 17.8. The summed E-state index contributed by atoms with van der Waals surface area (Å²) in [5.74, 6) is 3.20. The molecular weight excluding hydrogens is 414 g/mol. The number of rotatable bonds is 8. The molecule has 1 fully saturated rings. The molecule has 1 N–H and O–H groups in total. The highest BCUT2D eigenvalue weighted by molar-refractivity contribution is 7.99. The Kier molecular flexibility index (Phi) is 6.81. The van der Waals surface area contributed by atoms with Crippen LogP contribution in [0.4, 0.5) is 11.6 Å². The second-order valence-electron chi connectivity index (χ2n) is 7.69. The van der Waals surface area contributed by atoms with Gasteiger partial charge < -0.3 is 19.4 Å². The molecule has 9 heteroatoms. The van der Waals surface area contributed by atoms with Gasteiger partial charge in [0, 0.05) is 24.8 Å². The number of benzene rings is 1. The van der Waals surface area contributed by atoms with Gasteiger partial charge in [-0.3, -0.25) is 9.36 Å². The predicted molar refractivity (Wildman–Crippen MR) is 121 cm³/mol. The summed E-state index contributed by atoms with van der Waals surface area (Å²) < 4.78 is 12.8. The van der Waals surface area contributed by atoms with Crippen LogP contribution >= 0.6 is 11.8 Å². The Morgan fingerprint density at radius 1 is 1.26 bits per heavy atom. The van der Waals surface area contributed by atoms with Crippen molar-refractivity contribution in [1.29, 1.82) is 0 Å². The Bertz CT molecular complexity index is 997. The van der Waals surface area contributed by atoms with Crippen LogP contribution in [0.15, 0.2) is 52.2 Å². The van der Waals surface area contributed by atoms with Crippen LogP contribution in [-0.4, -0.2) is 46.6 Å². The van der Waals surface area contributed by atoms with E-state index in [-0.39, 0.29) is 11.7 Å². The van der Waals surface area contributed by atoms with Crippen molar-refractivity contribution in [2.75, 3.05) is 36.2 Å². The summed E-state index contributed by atoms with van der Waals surface area (Å²) in [5.41, 5.74) is 0.699. The number of nitrogens with one attached hydrogen (secondary N) is 1. The fourth-order valence-corrected chi connectivity index (χ4v) is 4.29. The highest BCUT2D eigenvalue weighted by atomic mass is 32.2. The van der Waals surface area contributed by atoms with Gasteiger partial charge in [-0.2, -0.15) is 0 Å². The molecule has 0 aliphatic carbocycles. The molecule has 0 unspecified atom stereocenters. The molecule has 0 atom stereocenters. The predicted octanol–water partition coefficient (Wildman–Crippen LogP) is 3.90. The van der Waals surface area contributed by atoms with E-state index in [9.17, 15) is 4.79 Å². The number of amides is 1. The van der Waals surface area contributed by atoms with Crippen LogP contribution in [0.25, 0.3) is 0 Å². The molecule has 4 rings (SSSR count). The molecule has 1 amide bonds. The Morgan fingerprint density at radius 3 is 2.84 bits per heavy atom. The molecule has 8 nitrogen and oxygen atoms in total. The third-order valence-electron chi connectivity index (χ3n) is 5.34. The lowest BCUT2D eigenvalue weighted by Gasteiger charge is -2.31. The van der Waals surface area contributed by atoms with E-state index in [0.717, 1.165) is 43.6 Å². The van der Waals surface area contributed by atoms with Gasteiger partial charge in [-0.25, -0.2) is 0 Å². The fourth-order valence-electron chi connectivity index (χ4n) is 3.56. The average molecular weight is 442 g/mol. The number of nitrogens with zero attached hydrogens (tertiary/aromatic N) is 4. The van der Waals surface area contributed by atoms with E-state index in [1.54, 1.807) is 19.4 Å². The number of methoxy groups -OCH3 is 1. The van der Waals surface area contributed by atoms with Gasteiger partial charge in [-0.05, 0) is 43.0 Å². The number of aromatic nitrogens is 3. The minimum atomic E-state index is -0.112. The van der Waals surface area contributed by atoms with Crippen LogP contribution in [0.3, 0.4) is 0 Å². The number of ether oxygens (including phenoxy) is 1. The number of thioether (sulfide) groups is 1. The van der Waals surface area contributed by atoms with Gasteiger partial charge in [0.1, 0.15) is 11.5 Å². The normalized spacial score (nSPS) is 14.6. The van der Waals surface area contributed by atoms with Crippen molar-refractivity contribution >= 4 is 29.3 Å². The first kappa shape index (κ1) is 21.3. The lowest BCUT2D eigenvalue weighted by Crippen LogP contribution is -2.35. The summed E-state index contributed by atoms with van der Waals surface area (Å²) in [7, 11) is 1.60. The maximum Gasteiger partial charge on any atom is 0.234 e. The SMILES string of the molecule is COc1cccc(NC(=O)CSc2nnc(N3CCC(C)CC3)n2Cc2ccco2)c1. The molecule has 1 saturated heterocycles. The number of carbonyl (C=O) groups excluding carboxylic acids is 1. The lowest BCUT2D eigenvalue weighted by atomic mass is 10.00. The number of hydrogen-bond donors (Lipinski definition) is 1. The van der Waals surface area contributed by atoms with Gasteiger partial charge in [-0.15, -0.1) is 10.2 Å². The van der Waals surface area contributed by atoms with Crippen molar-refractivity contribution < 1.29 is 13.9 Å². The standard InChI is InChI=1S/C22H27N5O3S/c1-16-8-10-26(11-9-16)21-24-25-22(27(21)14-19-7-4-12-30-19)31-15-20(28)23-17-5-3-6-18(13-17)29-2/h3-7,12-13,16H,8-11,14-15H2,1-2H3,(H,23,28). The van der Waals surface area contributed by atoms with E-state index in [0.29, 0.717) is 23.1 Å². The molecule has 0 spiro atoms. The minimum Gasteiger partial charge on any atom is -0.497 e. The van der Waals surface area contributed by atoms with Crippen LogP contribution in [0, 0.1) is 5.92 Å². The number of anilines is 2. The Balaban J connectivity index is 1.46. The third kappa shape index (κ3) is 5.41. The quantitative estimate of drug-likeness (QED) is 0.531. The summed E-state index contributed by atoms with van der Waals surface area (Å²) >= 11 is 1.37. The average Bonchev–Trinajstić information content (AvgIpc) is 3.43. The smallest absolute Gasteiger partial charge is 0.234 e. The fraction of sp³-hybridized carbons (Fsp3) is 0.409. The number of carbonyl (C=O) groups is 1. The minimum absolute atomic E-state index is 0.112. The van der Waals surface area contributed by atoms with E-state index in [1.807, 2.05) is 34.9 Å². The first-order chi connectivity index (χ1) is 15.1. The molecule has 2 aromatic heterocycles. The zero-order valence-corrected chi connectivity index (χ0v) is 18.6. The first-order valence-electron chi connectivity index (χ1n) is 10.4. The van der Waals surface area contributed by atoms with E-state index in [2.05, 4.69) is 27.3 Å². The molecule has 1 aromatic carbocycles. The van der Waals surface area contributed by atoms with Gasteiger partial charge in [0.05, 0.1) is 25.7 Å². The molecule has 164 valence electrons. The summed E-state index contributed by atoms with van der Waals surface area (Å²) in [6.45, 7) is 4.73. The summed E-state index contributed by atoms with van der Waals surface area (Å²) in [6, 6.07) is 11.1. The number of hydrogen-bond acceptors (Lipinski definition) is 7. The van der Waals surface area contributed by atoms with E-state index in [4.69, 9.17) is 9.15 Å². The van der Waals surface area contributed by atoms with Gasteiger partial charge in [0.25, 0.3) is 0 Å². The maximum atomic E-state index is 12.5. The van der Waals surface area contributed by atoms with Crippen LogP contribution in [0.2, 0.25) is 0 Å². The van der Waals surface area contributed by atoms with Crippen LogP contribution in [-0.2, 0) is 11.3 Å². The van der Waals surface area contributed by atoms with Gasteiger partial charge >= 0.3 is 0 Å². The second kappa shape index (κ2) is 9.91. The highest BCUT2D eigenvalue weighted by Gasteiger charge is 2.23. The monoisotopic (exact) mass is 441 g/mol. The maximum absolute atomic E-state index is 12.5. The van der Waals surface area contributed by atoms with E-state index < -0.39 is 0 Å². The van der Waals surface area contributed by atoms with Crippen LogP contribution in [0.5, 0.6) is 5.75 Å². The Hall–Kier alpha value is -2.94. The van der Waals surface area contributed by atoms with E-state index in [1.165, 1.54) is 11.8 Å². The number of furan rings is 1. The number of piperidine rings is 1. The van der Waals surface area contributed by atoms with Crippen molar-refractivity contribution in [2.45, 2.75) is 31.5 Å². The molecule has 3 heterocycles. The molecule has 3 aromatic rings. The van der Waals surface area contributed by atoms with Gasteiger partial charge in [0.15, 0.2) is 5.16 Å². The van der Waals surface area contributed by atoms with E-state index >= 15 is 0 Å². The zero-order chi connectivity index (χ0) is 21.6. The second-order valence-corrected chi connectivity index (χ2v) is 8.63. The third-order valence-corrected chi connectivity index (χ3v) is 6.31. The van der Waals surface area contributed by atoms with Crippen molar-refractivity contribution in [3.05, 3.63) is 48.4 Å². The summed E-state index contributed by atoms with van der Waals surface area (Å²) in [5, 5.41) is 12.4. The van der Waals surface area contributed by atoms with Gasteiger partial charge in [0.2, 0.25) is 11.9 Å². The largest absolute Gasteiger partial charge is 0.497 e. The molecule has 1 aliphatic heterocycles. The molecule has 0 radical (unpaired) electrons. The topological polar surface area (TPSA) is 85.4 Å². The molecule has 31 heavy (non-hydrogen) atoms. The summed E-state index contributed by atoms with van der Waals surface area (Å²) in [4.78, 5) is 14.8. The Labute approximate surface area is 186 Å². The summed E-state index contributed by atoms with van der Waals surface area (Å²) in [6.07, 6.45) is 3.94. The van der Waals surface area contributed by atoms with Crippen molar-refractivity contribution in [1.82, 2.24) is 14.8 Å². The van der Waals surface area contributed by atoms with Crippen molar-refractivity contribution in [2.24, 2.45) is 5.92 Å². The Morgan fingerprint density at radius 2 is 2.10 bits per heavy atom. The molecule has 0 saturated carbocycles. The highest BCUT2D eigenvalue weighted by Crippen LogP contribution is 2.27. The van der Waals surface area contributed by atoms with Crippen LogP contribution < -0.4 is 15.0 Å².